The van der Waals surface area contributed by atoms with Crippen LogP contribution >= 0.6 is 0 Å². The van der Waals surface area contributed by atoms with Gasteiger partial charge in [-0.15, -0.1) is 0 Å². The van der Waals surface area contributed by atoms with Crippen molar-refractivity contribution < 1.29 is 9.90 Å². The highest BCUT2D eigenvalue weighted by Gasteiger charge is 2.21. The standard InChI is InChI=1S/C20H17N3O3/c24-18(25)12-21-15-6-7-16-17(11-15)22-19-14(8-9-23(19)20(16)26)10-13-4-2-1-3-5-13/h1-7,10-11,21H,8-9,12H2,(H,24,25). The molecular weight excluding hydrogens is 330 g/mol. The molecular formula is C20H17N3O3. The van der Waals surface area contributed by atoms with Crippen LogP contribution in [0.15, 0.2) is 53.3 Å². The lowest BCUT2D eigenvalue weighted by Crippen LogP contribution is -2.21. The molecule has 26 heavy (non-hydrogen) atoms. The first kappa shape index (κ1) is 16.1. The van der Waals surface area contributed by atoms with Crippen LogP contribution in [0.25, 0.3) is 22.6 Å². The summed E-state index contributed by atoms with van der Waals surface area (Å²) >= 11 is 0. The minimum Gasteiger partial charge on any atom is -0.480 e. The number of allylic oxidation sites excluding steroid dienone is 1. The molecule has 6 nitrogen and oxygen atoms in total. The maximum absolute atomic E-state index is 12.8. The first-order valence-corrected chi connectivity index (χ1v) is 8.38. The lowest BCUT2D eigenvalue weighted by atomic mass is 10.1. The Balaban J connectivity index is 1.79. The number of carbonyl (C=O) groups is 1. The van der Waals surface area contributed by atoms with Gasteiger partial charge in [0, 0.05) is 12.2 Å². The van der Waals surface area contributed by atoms with Crippen molar-refractivity contribution in [3.63, 3.8) is 0 Å². The topological polar surface area (TPSA) is 84.2 Å². The van der Waals surface area contributed by atoms with Gasteiger partial charge in [-0.2, -0.15) is 0 Å². The second-order valence-electron chi connectivity index (χ2n) is 6.20. The summed E-state index contributed by atoms with van der Waals surface area (Å²) in [4.78, 5) is 28.2. The first-order chi connectivity index (χ1) is 12.6. The molecule has 0 bridgehead atoms. The second kappa shape index (κ2) is 6.48. The predicted octanol–water partition coefficient (Wildman–Crippen LogP) is 2.84. The molecule has 3 aromatic rings. The normalized spacial score (nSPS) is 14.5. The number of carboxylic acid groups (broad SMARTS) is 1. The fourth-order valence-corrected chi connectivity index (χ4v) is 3.19. The van der Waals surface area contributed by atoms with Crippen molar-refractivity contribution in [1.82, 2.24) is 9.55 Å². The van der Waals surface area contributed by atoms with Gasteiger partial charge < -0.3 is 10.4 Å². The molecule has 0 radical (unpaired) electrons. The molecule has 2 N–H and O–H groups in total. The number of hydrogen-bond donors (Lipinski definition) is 2. The fourth-order valence-electron chi connectivity index (χ4n) is 3.19. The molecule has 1 aliphatic heterocycles. The number of rotatable bonds is 4. The third kappa shape index (κ3) is 2.97. The largest absolute Gasteiger partial charge is 0.480 e. The predicted molar refractivity (Wildman–Crippen MR) is 101 cm³/mol. The van der Waals surface area contributed by atoms with Gasteiger partial charge in [0.1, 0.15) is 12.4 Å². The van der Waals surface area contributed by atoms with E-state index in [1.165, 1.54) is 0 Å². The Morgan fingerprint density at radius 1 is 1.23 bits per heavy atom. The smallest absolute Gasteiger partial charge is 0.322 e. The van der Waals surface area contributed by atoms with Crippen molar-refractivity contribution in [2.24, 2.45) is 0 Å². The zero-order valence-electron chi connectivity index (χ0n) is 14.0. The third-order valence-corrected chi connectivity index (χ3v) is 4.43. The van der Waals surface area contributed by atoms with Crippen molar-refractivity contribution in [3.8, 4) is 0 Å². The highest BCUT2D eigenvalue weighted by molar-refractivity contribution is 5.86. The molecule has 0 atom stereocenters. The van der Waals surface area contributed by atoms with E-state index in [1.807, 2.05) is 30.3 Å². The minimum atomic E-state index is -0.944. The molecule has 0 amide bonds. The zero-order chi connectivity index (χ0) is 18.1. The van der Waals surface area contributed by atoms with Gasteiger partial charge >= 0.3 is 5.97 Å². The number of nitrogens with zero attached hydrogens (tertiary/aromatic N) is 2. The highest BCUT2D eigenvalue weighted by atomic mass is 16.4. The molecule has 2 aromatic carbocycles. The Bertz CT molecular complexity index is 1080. The summed E-state index contributed by atoms with van der Waals surface area (Å²) in [5.41, 5.74) is 3.23. The van der Waals surface area contributed by atoms with Crippen molar-refractivity contribution in [3.05, 3.63) is 70.3 Å². The summed E-state index contributed by atoms with van der Waals surface area (Å²) in [6.45, 7) is 0.434. The SMILES string of the molecule is O=C(O)CNc1ccc2c(=O)n3c(nc2c1)C(=Cc1ccccc1)CC3. The Hall–Kier alpha value is -3.41. The second-order valence-corrected chi connectivity index (χ2v) is 6.20. The molecule has 4 rings (SSSR count). The van der Waals surface area contributed by atoms with E-state index in [4.69, 9.17) is 5.11 Å². The van der Waals surface area contributed by atoms with Gasteiger partial charge in [0.2, 0.25) is 0 Å². The average molecular weight is 347 g/mol. The van der Waals surface area contributed by atoms with E-state index in [9.17, 15) is 9.59 Å². The van der Waals surface area contributed by atoms with E-state index in [1.54, 1.807) is 22.8 Å². The monoisotopic (exact) mass is 347 g/mol. The molecule has 0 spiro atoms. The number of aromatic nitrogens is 2. The molecule has 0 fully saturated rings. The molecule has 0 aliphatic carbocycles. The van der Waals surface area contributed by atoms with E-state index >= 15 is 0 Å². The molecule has 1 aliphatic rings. The van der Waals surface area contributed by atoms with E-state index in [0.717, 1.165) is 17.6 Å². The molecule has 0 unspecified atom stereocenters. The summed E-state index contributed by atoms with van der Waals surface area (Å²) in [6.07, 6.45) is 2.82. The molecule has 6 heteroatoms. The fraction of sp³-hybridized carbons (Fsp3) is 0.150. The average Bonchev–Trinajstić information content (AvgIpc) is 3.04. The summed E-state index contributed by atoms with van der Waals surface area (Å²) in [5, 5.41) is 12.1. The number of benzene rings is 2. The van der Waals surface area contributed by atoms with Crippen LogP contribution in [0.5, 0.6) is 0 Å². The first-order valence-electron chi connectivity index (χ1n) is 8.38. The number of hydrogen-bond acceptors (Lipinski definition) is 4. The number of fused-ring (bicyclic) bond motifs is 2. The van der Waals surface area contributed by atoms with Crippen molar-refractivity contribution in [1.29, 1.82) is 0 Å². The van der Waals surface area contributed by atoms with Crippen LogP contribution in [-0.4, -0.2) is 27.2 Å². The highest BCUT2D eigenvalue weighted by Crippen LogP contribution is 2.28. The van der Waals surface area contributed by atoms with E-state index < -0.39 is 5.97 Å². The lowest BCUT2D eigenvalue weighted by Gasteiger charge is -2.08. The third-order valence-electron chi connectivity index (χ3n) is 4.43. The van der Waals surface area contributed by atoms with Gasteiger partial charge in [-0.25, -0.2) is 4.98 Å². The maximum Gasteiger partial charge on any atom is 0.322 e. The van der Waals surface area contributed by atoms with Gasteiger partial charge in [0.05, 0.1) is 10.9 Å². The number of aliphatic carboxylic acids is 1. The Morgan fingerprint density at radius 3 is 2.81 bits per heavy atom. The van der Waals surface area contributed by atoms with Crippen LogP contribution in [0.4, 0.5) is 5.69 Å². The number of nitrogens with one attached hydrogen (secondary N) is 1. The minimum absolute atomic E-state index is 0.0637. The maximum atomic E-state index is 12.8. The van der Waals surface area contributed by atoms with Crippen LogP contribution in [0, 0.1) is 0 Å². The molecule has 0 saturated heterocycles. The Kier molecular flexibility index (Phi) is 4.01. The van der Waals surface area contributed by atoms with Gasteiger partial charge in [-0.05, 0) is 41.8 Å². The van der Waals surface area contributed by atoms with Crippen LogP contribution < -0.4 is 10.9 Å². The van der Waals surface area contributed by atoms with Crippen LogP contribution in [0.3, 0.4) is 0 Å². The molecule has 130 valence electrons. The van der Waals surface area contributed by atoms with Gasteiger partial charge in [-0.1, -0.05) is 30.3 Å². The molecule has 1 aromatic heterocycles. The summed E-state index contributed by atoms with van der Waals surface area (Å²) in [7, 11) is 0. The Labute approximate surface area is 149 Å². The van der Waals surface area contributed by atoms with Gasteiger partial charge in [0.15, 0.2) is 0 Å². The van der Waals surface area contributed by atoms with Crippen molar-refractivity contribution >= 4 is 34.2 Å². The van der Waals surface area contributed by atoms with Crippen molar-refractivity contribution in [2.75, 3.05) is 11.9 Å². The zero-order valence-corrected chi connectivity index (χ0v) is 14.0. The van der Waals surface area contributed by atoms with E-state index in [-0.39, 0.29) is 12.1 Å². The molecule has 2 heterocycles. The van der Waals surface area contributed by atoms with Gasteiger partial charge in [0.25, 0.3) is 5.56 Å². The lowest BCUT2D eigenvalue weighted by molar-refractivity contribution is -0.134. The Morgan fingerprint density at radius 2 is 2.04 bits per heavy atom. The van der Waals surface area contributed by atoms with E-state index in [2.05, 4.69) is 16.4 Å². The van der Waals surface area contributed by atoms with Crippen LogP contribution in [-0.2, 0) is 11.3 Å². The summed E-state index contributed by atoms with van der Waals surface area (Å²) < 4.78 is 1.71. The van der Waals surface area contributed by atoms with Crippen LogP contribution in [0.1, 0.15) is 17.8 Å². The van der Waals surface area contributed by atoms with Crippen LogP contribution in [0.2, 0.25) is 0 Å². The number of anilines is 1. The van der Waals surface area contributed by atoms with E-state index in [0.29, 0.717) is 29.0 Å². The summed E-state index contributed by atoms with van der Waals surface area (Å²) in [5.74, 6) is -0.262. The quantitative estimate of drug-likeness (QED) is 0.758. The van der Waals surface area contributed by atoms with Gasteiger partial charge in [-0.3, -0.25) is 14.2 Å². The number of carboxylic acids is 1. The molecule has 0 saturated carbocycles. The summed E-state index contributed by atoms with van der Waals surface area (Å²) in [6, 6.07) is 15.1. The van der Waals surface area contributed by atoms with Crippen molar-refractivity contribution in [2.45, 2.75) is 13.0 Å².